The average Bonchev–Trinajstić information content (AvgIpc) is 2.54. The van der Waals surface area contributed by atoms with E-state index in [9.17, 15) is 13.5 Å². The molecule has 0 bridgehead atoms. The van der Waals surface area contributed by atoms with Crippen LogP contribution in [-0.4, -0.2) is 32.1 Å². The van der Waals surface area contributed by atoms with Crippen LogP contribution in [0.25, 0.3) is 11.1 Å². The van der Waals surface area contributed by atoms with Gasteiger partial charge in [-0.15, -0.1) is 0 Å². The van der Waals surface area contributed by atoms with Crippen LogP contribution in [0.4, 0.5) is 0 Å². The number of hydrogen-bond donors (Lipinski definition) is 1. The summed E-state index contributed by atoms with van der Waals surface area (Å²) in [5, 5.41) is 9.56. The predicted octanol–water partition coefficient (Wildman–Crippen LogP) is 3.37. The van der Waals surface area contributed by atoms with Gasteiger partial charge in [0.15, 0.2) is 0 Å². The minimum atomic E-state index is -2.94. The van der Waals surface area contributed by atoms with Gasteiger partial charge in [-0.05, 0) is 84.2 Å². The molecule has 2 aromatic carbocycles. The van der Waals surface area contributed by atoms with Crippen LogP contribution in [-0.2, 0) is 29.3 Å². The van der Waals surface area contributed by atoms with Crippen molar-refractivity contribution >= 4 is 9.84 Å². The number of benzene rings is 2. The molecule has 26 heavy (non-hydrogen) atoms. The third-order valence-electron chi connectivity index (χ3n) is 5.06. The first-order chi connectivity index (χ1) is 12.3. The first-order valence-corrected chi connectivity index (χ1v) is 11.0. The Hall–Kier alpha value is -1.85. The summed E-state index contributed by atoms with van der Waals surface area (Å²) in [5.41, 5.74) is 8.12. The summed E-state index contributed by atoms with van der Waals surface area (Å²) in [6, 6.07) is 8.30. The molecule has 5 heteroatoms. The molecular formula is C21H26O4S. The zero-order valence-corrected chi connectivity index (χ0v) is 16.4. The molecule has 0 saturated carbocycles. The van der Waals surface area contributed by atoms with Crippen molar-refractivity contribution in [2.45, 2.75) is 39.7 Å². The standard InChI is InChI=1S/C21H26O4S/c1-14-5-6-16(12-17(14)13-22)21-15(2)11-20(18-7-8-19(18)21)25-9-4-10-26(3,23)24/h5-6,11-12,22H,4,7-10,13H2,1-3H3. The van der Waals surface area contributed by atoms with Crippen LogP contribution in [0.1, 0.15) is 34.2 Å². The molecular weight excluding hydrogens is 348 g/mol. The zero-order valence-electron chi connectivity index (χ0n) is 15.6. The molecule has 0 atom stereocenters. The normalized spacial score (nSPS) is 13.2. The van der Waals surface area contributed by atoms with Crippen LogP contribution >= 0.6 is 0 Å². The fourth-order valence-electron chi connectivity index (χ4n) is 3.55. The number of rotatable bonds is 7. The molecule has 140 valence electrons. The molecule has 0 aliphatic heterocycles. The molecule has 0 fully saturated rings. The Bertz CT molecular complexity index is 930. The Morgan fingerprint density at radius 2 is 1.81 bits per heavy atom. The van der Waals surface area contributed by atoms with Gasteiger partial charge in [-0.2, -0.15) is 0 Å². The first kappa shape index (κ1) is 18.9. The van der Waals surface area contributed by atoms with E-state index >= 15 is 0 Å². The van der Waals surface area contributed by atoms with Gasteiger partial charge in [0.2, 0.25) is 0 Å². The number of ether oxygens (including phenoxy) is 1. The second-order valence-electron chi connectivity index (χ2n) is 7.15. The van der Waals surface area contributed by atoms with Gasteiger partial charge in [0.1, 0.15) is 15.6 Å². The average molecular weight is 375 g/mol. The highest BCUT2D eigenvalue weighted by molar-refractivity contribution is 7.90. The lowest BCUT2D eigenvalue weighted by molar-refractivity contribution is 0.281. The first-order valence-electron chi connectivity index (χ1n) is 8.97. The van der Waals surface area contributed by atoms with Gasteiger partial charge >= 0.3 is 0 Å². The molecule has 3 rings (SSSR count). The molecule has 0 heterocycles. The lowest BCUT2D eigenvalue weighted by atomic mass is 9.79. The van der Waals surface area contributed by atoms with Crippen LogP contribution < -0.4 is 4.74 Å². The summed E-state index contributed by atoms with van der Waals surface area (Å²) in [5.74, 6) is 1.04. The lowest BCUT2D eigenvalue weighted by Gasteiger charge is -2.28. The number of aryl methyl sites for hydroxylation is 2. The topological polar surface area (TPSA) is 63.6 Å². The van der Waals surface area contributed by atoms with Crippen molar-refractivity contribution in [2.75, 3.05) is 18.6 Å². The smallest absolute Gasteiger partial charge is 0.147 e. The Morgan fingerprint density at radius 1 is 1.08 bits per heavy atom. The fraction of sp³-hybridized carbons (Fsp3) is 0.429. The number of hydrogen-bond acceptors (Lipinski definition) is 4. The Kier molecular flexibility index (Phi) is 5.39. The van der Waals surface area contributed by atoms with Gasteiger partial charge in [0, 0.05) is 6.26 Å². The predicted molar refractivity (Wildman–Crippen MR) is 105 cm³/mol. The number of aliphatic hydroxyl groups is 1. The van der Waals surface area contributed by atoms with Crippen LogP contribution in [0.3, 0.4) is 0 Å². The van der Waals surface area contributed by atoms with Crippen LogP contribution in [0.15, 0.2) is 24.3 Å². The fourth-order valence-corrected chi connectivity index (χ4v) is 4.19. The highest BCUT2D eigenvalue weighted by Gasteiger charge is 2.25. The molecule has 1 aliphatic rings. The third-order valence-corrected chi connectivity index (χ3v) is 6.09. The summed E-state index contributed by atoms with van der Waals surface area (Å²) in [7, 11) is -2.94. The van der Waals surface area contributed by atoms with E-state index in [2.05, 4.69) is 31.2 Å². The van der Waals surface area contributed by atoms with Crippen LogP contribution in [0.2, 0.25) is 0 Å². The Balaban J connectivity index is 1.86. The molecule has 0 spiro atoms. The Morgan fingerprint density at radius 3 is 2.42 bits per heavy atom. The van der Waals surface area contributed by atoms with E-state index in [-0.39, 0.29) is 12.4 Å². The maximum atomic E-state index is 11.2. The molecule has 1 N–H and O–H groups in total. The van der Waals surface area contributed by atoms with E-state index in [4.69, 9.17) is 4.74 Å². The van der Waals surface area contributed by atoms with Crippen molar-refractivity contribution in [3.05, 3.63) is 52.1 Å². The van der Waals surface area contributed by atoms with Crippen molar-refractivity contribution < 1.29 is 18.3 Å². The van der Waals surface area contributed by atoms with E-state index in [1.807, 2.05) is 6.92 Å². The molecule has 0 unspecified atom stereocenters. The zero-order chi connectivity index (χ0) is 18.9. The molecule has 2 aromatic rings. The van der Waals surface area contributed by atoms with Gasteiger partial charge < -0.3 is 9.84 Å². The van der Waals surface area contributed by atoms with E-state index in [0.717, 1.165) is 40.8 Å². The van der Waals surface area contributed by atoms with Crippen molar-refractivity contribution in [1.82, 2.24) is 0 Å². The molecule has 0 amide bonds. The van der Waals surface area contributed by atoms with Gasteiger partial charge in [0.25, 0.3) is 0 Å². The third kappa shape index (κ3) is 3.94. The van der Waals surface area contributed by atoms with Gasteiger partial charge in [-0.25, -0.2) is 8.42 Å². The van der Waals surface area contributed by atoms with Crippen LogP contribution in [0.5, 0.6) is 5.75 Å². The van der Waals surface area contributed by atoms with Gasteiger partial charge in [-0.1, -0.05) is 12.1 Å². The minimum Gasteiger partial charge on any atom is -0.493 e. The molecule has 1 aliphatic carbocycles. The highest BCUT2D eigenvalue weighted by Crippen LogP contribution is 2.42. The Labute approximate surface area is 155 Å². The van der Waals surface area contributed by atoms with Gasteiger partial charge in [0.05, 0.1) is 19.0 Å². The molecule has 4 nitrogen and oxygen atoms in total. The molecule has 0 saturated heterocycles. The summed E-state index contributed by atoms with van der Waals surface area (Å²) in [4.78, 5) is 0. The van der Waals surface area contributed by atoms with Crippen molar-refractivity contribution in [2.24, 2.45) is 0 Å². The summed E-state index contributed by atoms with van der Waals surface area (Å²) in [6.45, 7) is 4.55. The monoisotopic (exact) mass is 374 g/mol. The van der Waals surface area contributed by atoms with Gasteiger partial charge in [-0.3, -0.25) is 0 Å². The quantitative estimate of drug-likeness (QED) is 0.755. The minimum absolute atomic E-state index is 0.0441. The van der Waals surface area contributed by atoms with E-state index in [0.29, 0.717) is 13.0 Å². The lowest BCUT2D eigenvalue weighted by Crippen LogP contribution is -2.15. The highest BCUT2D eigenvalue weighted by atomic mass is 32.2. The van der Waals surface area contributed by atoms with E-state index < -0.39 is 9.84 Å². The second kappa shape index (κ2) is 7.41. The van der Waals surface area contributed by atoms with E-state index in [1.165, 1.54) is 22.9 Å². The summed E-state index contributed by atoms with van der Waals surface area (Å²) >= 11 is 0. The summed E-state index contributed by atoms with van der Waals surface area (Å²) < 4.78 is 28.4. The largest absolute Gasteiger partial charge is 0.493 e. The SMILES string of the molecule is Cc1ccc(-c2c(C)cc(OCCCS(C)(=O)=O)c3c2CC3)cc1CO. The maximum absolute atomic E-state index is 11.2. The molecule has 0 radical (unpaired) electrons. The van der Waals surface area contributed by atoms with E-state index in [1.54, 1.807) is 0 Å². The van der Waals surface area contributed by atoms with Crippen molar-refractivity contribution in [3.63, 3.8) is 0 Å². The second-order valence-corrected chi connectivity index (χ2v) is 9.41. The number of aliphatic hydroxyl groups excluding tert-OH is 1. The van der Waals surface area contributed by atoms with Crippen LogP contribution in [0, 0.1) is 13.8 Å². The van der Waals surface area contributed by atoms with Crippen molar-refractivity contribution in [3.8, 4) is 16.9 Å². The number of sulfone groups is 1. The van der Waals surface area contributed by atoms with Crippen molar-refractivity contribution in [1.29, 1.82) is 0 Å². The number of fused-ring (bicyclic) bond motifs is 1. The molecule has 0 aromatic heterocycles. The summed E-state index contributed by atoms with van der Waals surface area (Å²) in [6.07, 6.45) is 3.77. The maximum Gasteiger partial charge on any atom is 0.147 e.